The zero-order valence-corrected chi connectivity index (χ0v) is 12.5. The Hall–Kier alpha value is -3.00. The number of primary amides is 1. The van der Waals surface area contributed by atoms with E-state index < -0.39 is 12.0 Å². The van der Waals surface area contributed by atoms with E-state index in [0.29, 0.717) is 27.3 Å². The van der Waals surface area contributed by atoms with Gasteiger partial charge < -0.3 is 21.1 Å². The number of aromatic nitrogens is 3. The first-order valence-electron chi connectivity index (χ1n) is 6.57. The molecule has 0 aliphatic rings. The first kappa shape index (κ1) is 14.9. The Morgan fingerprint density at radius 1 is 1.43 bits per heavy atom. The van der Waals surface area contributed by atoms with Crippen LogP contribution in [-0.4, -0.2) is 31.6 Å². The average Bonchev–Trinajstić information content (AvgIpc) is 3.09. The highest BCUT2D eigenvalue weighted by atomic mass is 35.5. The topological polar surface area (TPSA) is 126 Å². The van der Waals surface area contributed by atoms with Gasteiger partial charge in [-0.25, -0.2) is 9.78 Å². The van der Waals surface area contributed by atoms with Crippen molar-refractivity contribution in [2.24, 2.45) is 5.73 Å². The van der Waals surface area contributed by atoms with Crippen LogP contribution in [0.3, 0.4) is 0 Å². The van der Waals surface area contributed by atoms with Crippen LogP contribution in [0.4, 0.5) is 10.6 Å². The van der Waals surface area contributed by atoms with E-state index in [-0.39, 0.29) is 12.2 Å². The molecule has 3 rings (SSSR count). The third-order valence-corrected chi connectivity index (χ3v) is 3.62. The molecule has 9 heteroatoms. The molecule has 0 aliphatic heterocycles. The summed E-state index contributed by atoms with van der Waals surface area (Å²) in [5.41, 5.74) is 6.61. The molecule has 0 unspecified atom stereocenters. The summed E-state index contributed by atoms with van der Waals surface area (Å²) >= 11 is 5.99. The van der Waals surface area contributed by atoms with Crippen molar-refractivity contribution in [3.05, 3.63) is 47.0 Å². The lowest BCUT2D eigenvalue weighted by Crippen LogP contribution is -2.14. The van der Waals surface area contributed by atoms with Crippen LogP contribution < -0.4 is 11.1 Å². The first-order valence-corrected chi connectivity index (χ1v) is 6.95. The van der Waals surface area contributed by atoms with Gasteiger partial charge in [-0.3, -0.25) is 9.36 Å². The SMILES string of the molecule is NC(=O)c1[nH]cnc1NCc1cn(C(=O)O)c2ccc(Cl)cc12. The summed E-state index contributed by atoms with van der Waals surface area (Å²) in [6, 6.07) is 4.95. The Morgan fingerprint density at radius 2 is 2.22 bits per heavy atom. The maximum atomic E-state index is 11.3. The minimum atomic E-state index is -1.10. The maximum absolute atomic E-state index is 11.3. The molecule has 1 amide bonds. The molecule has 23 heavy (non-hydrogen) atoms. The van der Waals surface area contributed by atoms with E-state index in [2.05, 4.69) is 15.3 Å². The van der Waals surface area contributed by atoms with Crippen LogP contribution in [0.25, 0.3) is 10.9 Å². The van der Waals surface area contributed by atoms with Crippen molar-refractivity contribution in [3.63, 3.8) is 0 Å². The summed E-state index contributed by atoms with van der Waals surface area (Å²) in [7, 11) is 0. The average molecular weight is 334 g/mol. The van der Waals surface area contributed by atoms with Gasteiger partial charge in [0.1, 0.15) is 5.69 Å². The van der Waals surface area contributed by atoms with E-state index in [0.717, 1.165) is 4.57 Å². The van der Waals surface area contributed by atoms with Gasteiger partial charge in [-0.05, 0) is 23.8 Å². The number of nitrogens with one attached hydrogen (secondary N) is 2. The number of benzene rings is 1. The first-order chi connectivity index (χ1) is 11.0. The quantitative estimate of drug-likeness (QED) is 0.582. The highest BCUT2D eigenvalue weighted by Crippen LogP contribution is 2.26. The Kier molecular flexibility index (Phi) is 3.67. The lowest BCUT2D eigenvalue weighted by molar-refractivity contribution is 0.0997. The van der Waals surface area contributed by atoms with Gasteiger partial charge in [-0.15, -0.1) is 0 Å². The second-order valence-corrected chi connectivity index (χ2v) is 5.25. The van der Waals surface area contributed by atoms with E-state index in [4.69, 9.17) is 17.3 Å². The molecule has 0 atom stereocenters. The minimum absolute atomic E-state index is 0.157. The number of anilines is 1. The number of halogens is 1. The summed E-state index contributed by atoms with van der Waals surface area (Å²) in [6.45, 7) is 0.252. The number of fused-ring (bicyclic) bond motifs is 1. The summed E-state index contributed by atoms with van der Waals surface area (Å²) in [5, 5.41) is 13.4. The third kappa shape index (κ3) is 2.71. The molecule has 0 aliphatic carbocycles. The normalized spacial score (nSPS) is 10.8. The van der Waals surface area contributed by atoms with E-state index in [1.54, 1.807) is 18.2 Å². The second-order valence-electron chi connectivity index (χ2n) is 4.81. The number of nitrogens with zero attached hydrogens (tertiary/aromatic N) is 2. The molecule has 0 spiro atoms. The predicted octanol–water partition coefficient (Wildman–Crippen LogP) is 2.25. The fourth-order valence-electron chi connectivity index (χ4n) is 2.36. The molecule has 5 N–H and O–H groups in total. The van der Waals surface area contributed by atoms with Crippen molar-refractivity contribution in [3.8, 4) is 0 Å². The second kappa shape index (κ2) is 5.65. The van der Waals surface area contributed by atoms with Crippen LogP contribution >= 0.6 is 11.6 Å². The molecule has 0 bridgehead atoms. The number of aromatic amines is 1. The predicted molar refractivity (Wildman–Crippen MR) is 84.8 cm³/mol. The number of amides is 1. The smallest absolute Gasteiger partial charge is 0.416 e. The van der Waals surface area contributed by atoms with Crippen molar-refractivity contribution in [2.45, 2.75) is 6.54 Å². The Morgan fingerprint density at radius 3 is 2.91 bits per heavy atom. The maximum Gasteiger partial charge on any atom is 0.416 e. The van der Waals surface area contributed by atoms with Crippen LogP contribution in [-0.2, 0) is 6.54 Å². The van der Waals surface area contributed by atoms with E-state index in [9.17, 15) is 14.7 Å². The Balaban J connectivity index is 1.96. The van der Waals surface area contributed by atoms with Crippen molar-refractivity contribution in [2.75, 3.05) is 5.32 Å². The summed E-state index contributed by atoms with van der Waals surface area (Å²) in [5.74, 6) is -0.336. The van der Waals surface area contributed by atoms with E-state index in [1.807, 2.05) is 0 Å². The molecule has 3 aromatic rings. The minimum Gasteiger partial charge on any atom is -0.464 e. The van der Waals surface area contributed by atoms with Gasteiger partial charge in [0, 0.05) is 23.2 Å². The molecule has 8 nitrogen and oxygen atoms in total. The van der Waals surface area contributed by atoms with Crippen molar-refractivity contribution >= 4 is 40.3 Å². The lowest BCUT2D eigenvalue weighted by atomic mass is 10.2. The van der Waals surface area contributed by atoms with E-state index in [1.165, 1.54) is 12.5 Å². The number of imidazole rings is 1. The van der Waals surface area contributed by atoms with Crippen LogP contribution in [0.1, 0.15) is 16.1 Å². The van der Waals surface area contributed by atoms with Gasteiger partial charge in [-0.2, -0.15) is 0 Å². The molecule has 0 saturated carbocycles. The van der Waals surface area contributed by atoms with Gasteiger partial charge in [0.05, 0.1) is 11.8 Å². The van der Waals surface area contributed by atoms with Crippen molar-refractivity contribution in [1.82, 2.24) is 14.5 Å². The van der Waals surface area contributed by atoms with Crippen LogP contribution in [0.15, 0.2) is 30.7 Å². The molecule has 2 heterocycles. The highest BCUT2D eigenvalue weighted by molar-refractivity contribution is 6.31. The number of carbonyl (C=O) groups excluding carboxylic acids is 1. The fourth-order valence-corrected chi connectivity index (χ4v) is 2.54. The molecule has 2 aromatic heterocycles. The number of carboxylic acid groups (broad SMARTS) is 1. The van der Waals surface area contributed by atoms with Crippen LogP contribution in [0.5, 0.6) is 0 Å². The molecule has 0 radical (unpaired) electrons. The lowest BCUT2D eigenvalue weighted by Gasteiger charge is -2.04. The summed E-state index contributed by atoms with van der Waals surface area (Å²) < 4.78 is 1.11. The van der Waals surface area contributed by atoms with Gasteiger partial charge in [-0.1, -0.05) is 11.6 Å². The van der Waals surface area contributed by atoms with Gasteiger partial charge in [0.2, 0.25) is 0 Å². The van der Waals surface area contributed by atoms with Gasteiger partial charge in [0.15, 0.2) is 5.82 Å². The standard InChI is InChI=1S/C14H12ClN5O3/c15-8-1-2-10-9(3-8)7(5-20(10)14(22)23)4-17-13-11(12(16)21)18-6-19-13/h1-3,5-6,17H,4H2,(H2,16,21)(H,18,19)(H,22,23). The molecular weight excluding hydrogens is 322 g/mol. The van der Waals surface area contributed by atoms with Crippen LogP contribution in [0, 0.1) is 0 Å². The third-order valence-electron chi connectivity index (χ3n) is 3.39. The summed E-state index contributed by atoms with van der Waals surface area (Å²) in [6.07, 6.45) is 1.74. The zero-order valence-electron chi connectivity index (χ0n) is 11.7. The van der Waals surface area contributed by atoms with E-state index >= 15 is 0 Å². The Bertz CT molecular complexity index is 914. The van der Waals surface area contributed by atoms with Crippen LogP contribution in [0.2, 0.25) is 5.02 Å². The van der Waals surface area contributed by atoms with Crippen molar-refractivity contribution < 1.29 is 14.7 Å². The molecule has 118 valence electrons. The number of hydrogen-bond donors (Lipinski definition) is 4. The van der Waals surface area contributed by atoms with Crippen molar-refractivity contribution in [1.29, 1.82) is 0 Å². The number of carbonyl (C=O) groups is 2. The number of H-pyrrole nitrogens is 1. The molecule has 0 saturated heterocycles. The summed E-state index contributed by atoms with van der Waals surface area (Å²) in [4.78, 5) is 29.2. The largest absolute Gasteiger partial charge is 0.464 e. The molecular formula is C14H12ClN5O3. The fraction of sp³-hybridized carbons (Fsp3) is 0.0714. The van der Waals surface area contributed by atoms with Gasteiger partial charge in [0.25, 0.3) is 5.91 Å². The number of nitrogens with two attached hydrogens (primary N) is 1. The van der Waals surface area contributed by atoms with Gasteiger partial charge >= 0.3 is 6.09 Å². The monoisotopic (exact) mass is 333 g/mol. The zero-order chi connectivity index (χ0) is 16.6. The highest BCUT2D eigenvalue weighted by Gasteiger charge is 2.15. The molecule has 0 fully saturated rings. The number of rotatable bonds is 4. The number of hydrogen-bond acceptors (Lipinski definition) is 4. The molecule has 1 aromatic carbocycles. The Labute approximate surface area is 134 Å².